The molecule has 0 radical (unpaired) electrons. The third-order valence-electron chi connectivity index (χ3n) is 5.21. The molecular weight excluding hydrogens is 448 g/mol. The standard InChI is InChI=1S/C23H32N2O7S/c1-4-18(5-2)32-25(33(29,30)20-13-11-19(31-3)12-14-20)16-22(26)21(24-23(27)28)15-17-9-7-6-8-10-17/h6-14,18,21-22,24,26H,4-5,15-16H2,1-3H3,(H,27,28)/t21-,22+/m0/s1. The minimum absolute atomic E-state index is 0.0349. The Labute approximate surface area is 195 Å². The Bertz CT molecular complexity index is 964. The molecule has 0 fully saturated rings. The van der Waals surface area contributed by atoms with Crippen molar-refractivity contribution in [2.24, 2.45) is 0 Å². The van der Waals surface area contributed by atoms with Gasteiger partial charge in [-0.15, -0.1) is 0 Å². The van der Waals surface area contributed by atoms with Crippen LogP contribution in [0.4, 0.5) is 4.79 Å². The number of hydroxylamine groups is 1. The van der Waals surface area contributed by atoms with Crippen molar-refractivity contribution in [3.63, 3.8) is 0 Å². The fourth-order valence-electron chi connectivity index (χ4n) is 3.26. The van der Waals surface area contributed by atoms with Crippen LogP contribution in [0, 0.1) is 0 Å². The zero-order valence-electron chi connectivity index (χ0n) is 19.0. The Balaban J connectivity index is 2.33. The predicted octanol–water partition coefficient (Wildman–Crippen LogP) is 3.05. The summed E-state index contributed by atoms with van der Waals surface area (Å²) in [5.74, 6) is 0.495. The van der Waals surface area contributed by atoms with Gasteiger partial charge in [0, 0.05) is 0 Å². The maximum Gasteiger partial charge on any atom is 0.404 e. The van der Waals surface area contributed by atoms with Gasteiger partial charge in [-0.2, -0.15) is 0 Å². The molecule has 0 unspecified atom stereocenters. The van der Waals surface area contributed by atoms with Crippen LogP contribution < -0.4 is 10.1 Å². The van der Waals surface area contributed by atoms with Crippen molar-refractivity contribution >= 4 is 16.1 Å². The summed E-state index contributed by atoms with van der Waals surface area (Å²) in [4.78, 5) is 17.1. The Morgan fingerprint density at radius 2 is 1.67 bits per heavy atom. The van der Waals surface area contributed by atoms with Crippen molar-refractivity contribution in [1.29, 1.82) is 0 Å². The van der Waals surface area contributed by atoms with Crippen molar-refractivity contribution in [3.8, 4) is 5.75 Å². The smallest absolute Gasteiger partial charge is 0.404 e. The molecule has 0 aliphatic heterocycles. The number of hydrogen-bond acceptors (Lipinski definition) is 6. The molecule has 1 amide bonds. The van der Waals surface area contributed by atoms with Crippen LogP contribution in [0.25, 0.3) is 0 Å². The molecule has 0 aromatic heterocycles. The molecule has 2 atom stereocenters. The molecule has 2 rings (SSSR count). The van der Waals surface area contributed by atoms with E-state index in [1.807, 2.05) is 19.9 Å². The number of methoxy groups -OCH3 is 1. The number of benzene rings is 2. The normalized spacial score (nSPS) is 13.6. The number of amides is 1. The number of aliphatic hydroxyl groups is 1. The summed E-state index contributed by atoms with van der Waals surface area (Å²) in [6.07, 6.45) is -1.80. The number of rotatable bonds is 13. The zero-order valence-corrected chi connectivity index (χ0v) is 19.9. The fourth-order valence-corrected chi connectivity index (χ4v) is 4.56. The first-order valence-electron chi connectivity index (χ1n) is 10.8. The van der Waals surface area contributed by atoms with Crippen LogP contribution in [0.5, 0.6) is 5.75 Å². The van der Waals surface area contributed by atoms with Crippen molar-refractivity contribution in [1.82, 2.24) is 9.79 Å². The lowest BCUT2D eigenvalue weighted by molar-refractivity contribution is -0.149. The third kappa shape index (κ3) is 7.71. The molecule has 0 aliphatic carbocycles. The second-order valence-electron chi connectivity index (χ2n) is 7.52. The SMILES string of the molecule is CCC(CC)ON(C[C@@H](O)[C@H](Cc1ccccc1)NC(=O)O)S(=O)(=O)c1ccc(OC)cc1. The van der Waals surface area contributed by atoms with Gasteiger partial charge in [-0.05, 0) is 49.1 Å². The highest BCUT2D eigenvalue weighted by Crippen LogP contribution is 2.22. The van der Waals surface area contributed by atoms with E-state index in [-0.39, 0.29) is 11.3 Å². The minimum atomic E-state index is -4.15. The van der Waals surface area contributed by atoms with Crippen LogP contribution >= 0.6 is 0 Å². The van der Waals surface area contributed by atoms with Gasteiger partial charge < -0.3 is 20.3 Å². The molecule has 9 nitrogen and oxygen atoms in total. The lowest BCUT2D eigenvalue weighted by Gasteiger charge is -2.30. The van der Waals surface area contributed by atoms with E-state index in [0.29, 0.717) is 18.6 Å². The van der Waals surface area contributed by atoms with Gasteiger partial charge >= 0.3 is 6.09 Å². The minimum Gasteiger partial charge on any atom is -0.497 e. The summed E-state index contributed by atoms with van der Waals surface area (Å²) >= 11 is 0. The molecule has 0 bridgehead atoms. The molecule has 10 heteroatoms. The van der Waals surface area contributed by atoms with Gasteiger partial charge in [0.25, 0.3) is 10.0 Å². The molecule has 0 aliphatic rings. The first-order valence-corrected chi connectivity index (χ1v) is 12.2. The number of carboxylic acid groups (broad SMARTS) is 1. The van der Waals surface area contributed by atoms with Gasteiger partial charge in [0.05, 0.1) is 36.8 Å². The fraction of sp³-hybridized carbons (Fsp3) is 0.435. The molecule has 0 heterocycles. The summed E-state index contributed by atoms with van der Waals surface area (Å²) in [5.41, 5.74) is 0.792. The first-order chi connectivity index (χ1) is 15.7. The van der Waals surface area contributed by atoms with Gasteiger partial charge in [-0.25, -0.2) is 13.2 Å². The number of hydrogen-bond donors (Lipinski definition) is 3. The predicted molar refractivity (Wildman–Crippen MR) is 123 cm³/mol. The summed E-state index contributed by atoms with van der Waals surface area (Å²) in [5, 5.41) is 22.5. The van der Waals surface area contributed by atoms with Crippen molar-refractivity contribution in [2.45, 2.75) is 56.3 Å². The maximum absolute atomic E-state index is 13.4. The molecule has 0 spiro atoms. The van der Waals surface area contributed by atoms with E-state index in [4.69, 9.17) is 9.57 Å². The molecule has 0 saturated heterocycles. The van der Waals surface area contributed by atoms with Crippen LogP contribution in [0.3, 0.4) is 0 Å². The topological polar surface area (TPSA) is 125 Å². The largest absolute Gasteiger partial charge is 0.497 e. The Morgan fingerprint density at radius 3 is 2.18 bits per heavy atom. The van der Waals surface area contributed by atoms with Crippen molar-refractivity contribution in [2.75, 3.05) is 13.7 Å². The average molecular weight is 481 g/mol. The Hall–Kier alpha value is -2.66. The monoisotopic (exact) mass is 480 g/mol. The Kier molecular flexibility index (Phi) is 10.1. The zero-order chi connectivity index (χ0) is 24.4. The highest BCUT2D eigenvalue weighted by atomic mass is 32.2. The molecule has 0 saturated carbocycles. The summed E-state index contributed by atoms with van der Waals surface area (Å²) in [7, 11) is -2.67. The van der Waals surface area contributed by atoms with Gasteiger partial charge in [-0.1, -0.05) is 48.6 Å². The van der Waals surface area contributed by atoms with Gasteiger partial charge in [-0.3, -0.25) is 4.84 Å². The first kappa shape index (κ1) is 26.6. The Morgan fingerprint density at radius 1 is 1.06 bits per heavy atom. The highest BCUT2D eigenvalue weighted by molar-refractivity contribution is 7.89. The van der Waals surface area contributed by atoms with E-state index in [2.05, 4.69) is 5.32 Å². The molecule has 182 valence electrons. The molecule has 2 aromatic rings. The average Bonchev–Trinajstić information content (AvgIpc) is 2.81. The molecule has 33 heavy (non-hydrogen) atoms. The quantitative estimate of drug-likeness (QED) is 0.376. The number of nitrogens with zero attached hydrogens (tertiary/aromatic N) is 1. The van der Waals surface area contributed by atoms with E-state index in [0.717, 1.165) is 10.0 Å². The number of sulfonamides is 1. The maximum atomic E-state index is 13.4. The summed E-state index contributed by atoms with van der Waals surface area (Å²) in [6, 6.07) is 13.9. The number of aliphatic hydroxyl groups excluding tert-OH is 1. The number of carbonyl (C=O) groups is 1. The van der Waals surface area contributed by atoms with Crippen molar-refractivity contribution in [3.05, 3.63) is 60.2 Å². The van der Waals surface area contributed by atoms with Crippen LogP contribution in [0.2, 0.25) is 0 Å². The van der Waals surface area contributed by atoms with Gasteiger partial charge in [0.1, 0.15) is 5.75 Å². The lowest BCUT2D eigenvalue weighted by atomic mass is 10.0. The van der Waals surface area contributed by atoms with Crippen LogP contribution in [0.1, 0.15) is 32.3 Å². The van der Waals surface area contributed by atoms with Gasteiger partial charge in [0.2, 0.25) is 0 Å². The van der Waals surface area contributed by atoms with Crippen LogP contribution in [-0.2, 0) is 21.3 Å². The summed E-state index contributed by atoms with van der Waals surface area (Å²) < 4.78 is 32.6. The number of ether oxygens (including phenoxy) is 1. The third-order valence-corrected chi connectivity index (χ3v) is 6.85. The van der Waals surface area contributed by atoms with Crippen molar-refractivity contribution < 1.29 is 33.0 Å². The van der Waals surface area contributed by atoms with Gasteiger partial charge in [0.15, 0.2) is 0 Å². The van der Waals surface area contributed by atoms with E-state index in [1.54, 1.807) is 24.3 Å². The molecular formula is C23H32N2O7S. The lowest BCUT2D eigenvalue weighted by Crippen LogP contribution is -2.50. The second kappa shape index (κ2) is 12.5. The summed E-state index contributed by atoms with van der Waals surface area (Å²) in [6.45, 7) is 3.28. The number of nitrogens with one attached hydrogen (secondary N) is 1. The second-order valence-corrected chi connectivity index (χ2v) is 9.35. The molecule has 2 aromatic carbocycles. The van der Waals surface area contributed by atoms with Crippen LogP contribution in [0.15, 0.2) is 59.5 Å². The molecule has 3 N–H and O–H groups in total. The van der Waals surface area contributed by atoms with E-state index >= 15 is 0 Å². The highest BCUT2D eigenvalue weighted by Gasteiger charge is 2.33. The van der Waals surface area contributed by atoms with E-state index in [1.165, 1.54) is 31.4 Å². The van der Waals surface area contributed by atoms with E-state index < -0.39 is 40.9 Å². The van der Waals surface area contributed by atoms with Crippen LogP contribution in [-0.4, -0.2) is 61.1 Å². The van der Waals surface area contributed by atoms with E-state index in [9.17, 15) is 23.4 Å².